The predicted octanol–water partition coefficient (Wildman–Crippen LogP) is 2.44. The van der Waals surface area contributed by atoms with Crippen molar-refractivity contribution in [3.8, 4) is 0 Å². The van der Waals surface area contributed by atoms with Crippen molar-refractivity contribution in [2.45, 2.75) is 37.6 Å². The lowest BCUT2D eigenvalue weighted by Gasteiger charge is -2.25. The van der Waals surface area contributed by atoms with Crippen molar-refractivity contribution in [1.82, 2.24) is 4.90 Å². The molecule has 1 aliphatic carbocycles. The van der Waals surface area contributed by atoms with Crippen molar-refractivity contribution < 1.29 is 4.79 Å². The van der Waals surface area contributed by atoms with Gasteiger partial charge in [-0.05, 0) is 27.2 Å². The molecule has 0 N–H and O–H groups in total. The van der Waals surface area contributed by atoms with Crippen LogP contribution < -0.4 is 0 Å². The maximum atomic E-state index is 11.8. The fourth-order valence-electron chi connectivity index (χ4n) is 1.26. The van der Waals surface area contributed by atoms with Crippen LogP contribution in [0.4, 0.5) is 0 Å². The topological polar surface area (TPSA) is 20.3 Å². The normalized spacial score (nSPS) is 30.4. The Morgan fingerprint density at radius 1 is 1.46 bits per heavy atom. The van der Waals surface area contributed by atoms with Crippen molar-refractivity contribution in [1.29, 1.82) is 0 Å². The average Bonchev–Trinajstić information content (AvgIpc) is 2.49. The van der Waals surface area contributed by atoms with Gasteiger partial charge in [0, 0.05) is 13.1 Å². The second kappa shape index (κ2) is 3.03. The van der Waals surface area contributed by atoms with Crippen LogP contribution in [0.25, 0.3) is 0 Å². The average molecular weight is 224 g/mol. The Balaban J connectivity index is 2.71. The van der Waals surface area contributed by atoms with Crippen LogP contribution in [0.3, 0.4) is 0 Å². The number of halogens is 2. The molecule has 0 radical (unpaired) electrons. The van der Waals surface area contributed by atoms with E-state index in [1.807, 2.05) is 20.8 Å². The second-order valence-corrected chi connectivity index (χ2v) is 5.71. The van der Waals surface area contributed by atoms with Gasteiger partial charge in [-0.3, -0.25) is 4.79 Å². The molecule has 1 fully saturated rings. The van der Waals surface area contributed by atoms with Crippen molar-refractivity contribution in [3.05, 3.63) is 0 Å². The number of amides is 1. The molecule has 76 valence electrons. The molecule has 0 aromatic rings. The summed E-state index contributed by atoms with van der Waals surface area (Å²) in [7, 11) is 1.78. The van der Waals surface area contributed by atoms with Crippen LogP contribution in [0.5, 0.6) is 0 Å². The number of nitrogens with zero attached hydrogens (tertiary/aromatic N) is 1. The SMILES string of the molecule is CC(C)N(C)C(=O)C1(C)CC1(Cl)Cl. The molecule has 0 spiro atoms. The highest BCUT2D eigenvalue weighted by Gasteiger charge is 2.68. The maximum absolute atomic E-state index is 11.8. The first-order chi connectivity index (χ1) is 5.72. The first-order valence-electron chi connectivity index (χ1n) is 4.37. The first kappa shape index (κ1) is 11.1. The third-order valence-corrected chi connectivity index (χ3v) is 3.93. The van der Waals surface area contributed by atoms with E-state index in [1.54, 1.807) is 11.9 Å². The summed E-state index contributed by atoms with van der Waals surface area (Å²) in [5.41, 5.74) is -0.574. The zero-order valence-corrected chi connectivity index (χ0v) is 9.91. The first-order valence-corrected chi connectivity index (χ1v) is 5.13. The van der Waals surface area contributed by atoms with E-state index in [0.29, 0.717) is 6.42 Å². The fraction of sp³-hybridized carbons (Fsp3) is 0.889. The van der Waals surface area contributed by atoms with Gasteiger partial charge in [-0.25, -0.2) is 0 Å². The van der Waals surface area contributed by atoms with Crippen molar-refractivity contribution in [3.63, 3.8) is 0 Å². The van der Waals surface area contributed by atoms with Gasteiger partial charge < -0.3 is 4.90 Å². The summed E-state index contributed by atoms with van der Waals surface area (Å²) < 4.78 is -0.854. The monoisotopic (exact) mass is 223 g/mol. The minimum Gasteiger partial charge on any atom is -0.343 e. The van der Waals surface area contributed by atoms with Crippen LogP contribution in [0.15, 0.2) is 0 Å². The van der Waals surface area contributed by atoms with E-state index in [9.17, 15) is 4.79 Å². The van der Waals surface area contributed by atoms with E-state index >= 15 is 0 Å². The Morgan fingerprint density at radius 2 is 1.85 bits per heavy atom. The van der Waals surface area contributed by atoms with E-state index < -0.39 is 9.75 Å². The second-order valence-electron chi connectivity index (χ2n) is 4.22. The molecule has 0 saturated heterocycles. The van der Waals surface area contributed by atoms with E-state index in [0.717, 1.165) is 0 Å². The molecule has 13 heavy (non-hydrogen) atoms. The molecule has 0 heterocycles. The molecule has 4 heteroatoms. The Labute approximate surface area is 89.2 Å². The highest BCUT2D eigenvalue weighted by molar-refractivity contribution is 6.53. The maximum Gasteiger partial charge on any atom is 0.231 e. The Hall–Kier alpha value is 0.0500. The van der Waals surface area contributed by atoms with E-state index in [1.165, 1.54) is 0 Å². The van der Waals surface area contributed by atoms with Crippen LogP contribution in [-0.4, -0.2) is 28.2 Å². The van der Waals surface area contributed by atoms with Crippen LogP contribution in [0, 0.1) is 5.41 Å². The quantitative estimate of drug-likeness (QED) is 0.659. The van der Waals surface area contributed by atoms with Crippen LogP contribution in [0.2, 0.25) is 0 Å². The smallest absolute Gasteiger partial charge is 0.231 e. The summed E-state index contributed by atoms with van der Waals surface area (Å²) in [6, 6.07) is 0.189. The lowest BCUT2D eigenvalue weighted by atomic mass is 10.1. The van der Waals surface area contributed by atoms with Gasteiger partial charge in [-0.2, -0.15) is 0 Å². The minimum absolute atomic E-state index is 0.0347. The molecule has 0 bridgehead atoms. The predicted molar refractivity (Wildman–Crippen MR) is 55.1 cm³/mol. The molecule has 1 amide bonds. The van der Waals surface area contributed by atoms with Gasteiger partial charge >= 0.3 is 0 Å². The molecule has 1 saturated carbocycles. The molecule has 0 aliphatic heterocycles. The third-order valence-electron chi connectivity index (χ3n) is 2.82. The largest absolute Gasteiger partial charge is 0.343 e. The summed E-state index contributed by atoms with van der Waals surface area (Å²) in [5.74, 6) is 0.0347. The zero-order chi connectivity index (χ0) is 10.4. The summed E-state index contributed by atoms with van der Waals surface area (Å²) >= 11 is 11.8. The van der Waals surface area contributed by atoms with Crippen molar-refractivity contribution >= 4 is 29.1 Å². The number of carbonyl (C=O) groups excluding carboxylic acids is 1. The van der Waals surface area contributed by atoms with Gasteiger partial charge in [0.15, 0.2) is 0 Å². The highest BCUT2D eigenvalue weighted by Crippen LogP contribution is 2.64. The van der Waals surface area contributed by atoms with E-state index in [2.05, 4.69) is 0 Å². The molecular formula is C9H15Cl2NO. The summed E-state index contributed by atoms with van der Waals surface area (Å²) in [5, 5.41) is 0. The molecular weight excluding hydrogens is 209 g/mol. The Bertz CT molecular complexity index is 240. The van der Waals surface area contributed by atoms with Gasteiger partial charge in [-0.1, -0.05) is 0 Å². The molecule has 1 aliphatic rings. The van der Waals surface area contributed by atoms with Crippen molar-refractivity contribution in [2.24, 2.45) is 5.41 Å². The van der Waals surface area contributed by atoms with Gasteiger partial charge in [0.1, 0.15) is 4.33 Å². The number of carbonyl (C=O) groups is 1. The Morgan fingerprint density at radius 3 is 2.08 bits per heavy atom. The van der Waals surface area contributed by atoms with E-state index in [4.69, 9.17) is 23.2 Å². The molecule has 1 rings (SSSR count). The molecule has 1 unspecified atom stereocenters. The van der Waals surface area contributed by atoms with Gasteiger partial charge in [0.05, 0.1) is 5.41 Å². The van der Waals surface area contributed by atoms with Gasteiger partial charge in [0.25, 0.3) is 0 Å². The number of rotatable bonds is 2. The Kier molecular flexibility index (Phi) is 2.59. The molecule has 2 nitrogen and oxygen atoms in total. The number of alkyl halides is 2. The molecule has 0 aromatic carbocycles. The fourth-order valence-corrected chi connectivity index (χ4v) is 1.95. The summed E-state index contributed by atoms with van der Waals surface area (Å²) in [6.07, 6.45) is 0.555. The summed E-state index contributed by atoms with van der Waals surface area (Å²) in [6.45, 7) is 5.75. The standard InChI is InChI=1S/C9H15Cl2NO/c1-6(2)12(4)7(13)8(3)5-9(8,10)11/h6H,5H2,1-4H3. The highest BCUT2D eigenvalue weighted by atomic mass is 35.5. The van der Waals surface area contributed by atoms with E-state index in [-0.39, 0.29) is 11.9 Å². The summed E-state index contributed by atoms with van der Waals surface area (Å²) in [4.78, 5) is 13.5. The number of hydrogen-bond donors (Lipinski definition) is 0. The van der Waals surface area contributed by atoms with Crippen LogP contribution >= 0.6 is 23.2 Å². The lowest BCUT2D eigenvalue weighted by molar-refractivity contribution is -0.136. The minimum atomic E-state index is -0.854. The van der Waals surface area contributed by atoms with Gasteiger partial charge in [-0.15, -0.1) is 23.2 Å². The lowest BCUT2D eigenvalue weighted by Crippen LogP contribution is -2.39. The third kappa shape index (κ3) is 1.66. The number of hydrogen-bond acceptors (Lipinski definition) is 1. The zero-order valence-electron chi connectivity index (χ0n) is 8.40. The van der Waals surface area contributed by atoms with Crippen LogP contribution in [-0.2, 0) is 4.79 Å². The molecule has 0 aromatic heterocycles. The van der Waals surface area contributed by atoms with Crippen LogP contribution in [0.1, 0.15) is 27.2 Å². The molecule has 1 atom stereocenters. The van der Waals surface area contributed by atoms with Gasteiger partial charge in [0.2, 0.25) is 5.91 Å². The van der Waals surface area contributed by atoms with Crippen molar-refractivity contribution in [2.75, 3.05) is 7.05 Å².